The number of hydrogen-bond donors (Lipinski definition) is 0. The lowest BCUT2D eigenvalue weighted by atomic mass is 10.7. The van der Waals surface area contributed by atoms with Gasteiger partial charge >= 0.3 is 0 Å². The van der Waals surface area contributed by atoms with Gasteiger partial charge in [-0.2, -0.15) is 0 Å². The summed E-state index contributed by atoms with van der Waals surface area (Å²) >= 11 is 0. The smallest absolute Gasteiger partial charge is 0.226 e. The van der Waals surface area contributed by atoms with Crippen molar-refractivity contribution >= 4 is 12.1 Å². The molecule has 0 radical (unpaired) electrons. The number of nitrogens with zero attached hydrogens (tertiary/aromatic N) is 4. The van der Waals surface area contributed by atoms with Crippen LogP contribution < -0.4 is 10.9 Å². The Morgan fingerprint density at radius 3 is 3.50 bits per heavy atom. The highest BCUT2D eigenvalue weighted by atomic mass is 16.5. The van der Waals surface area contributed by atoms with Crippen LogP contribution in [0.2, 0.25) is 0 Å². The molecule has 10 heavy (non-hydrogen) atoms. The van der Waals surface area contributed by atoms with Crippen LogP contribution in [-0.2, 0) is 0 Å². The average molecular weight is 134 g/mol. The van der Waals surface area contributed by atoms with E-state index in [1.807, 2.05) is 0 Å². The van der Waals surface area contributed by atoms with E-state index in [2.05, 4.69) is 30.7 Å². The summed E-state index contributed by atoms with van der Waals surface area (Å²) in [6.45, 7) is 0. The minimum Gasteiger partial charge on any atom is -0.333 e. The first-order chi connectivity index (χ1) is 4.97. The van der Waals surface area contributed by atoms with E-state index in [1.165, 1.54) is 12.4 Å². The summed E-state index contributed by atoms with van der Waals surface area (Å²) in [5.41, 5.74) is 0.898. The lowest BCUT2D eigenvalue weighted by Crippen LogP contribution is -2.21. The van der Waals surface area contributed by atoms with Gasteiger partial charge in [-0.15, -0.1) is 0 Å². The fraction of sp³-hybridized carbons (Fsp3) is 0. The number of rotatable bonds is 0. The lowest BCUT2D eigenvalue weighted by Gasteiger charge is -1.62. The third-order valence-electron chi connectivity index (χ3n) is 0.996. The van der Waals surface area contributed by atoms with Crippen molar-refractivity contribution in [2.75, 3.05) is 0 Å². The zero-order valence-electron chi connectivity index (χ0n) is 4.85. The van der Waals surface area contributed by atoms with Gasteiger partial charge < -0.3 is 4.52 Å². The molecule has 0 spiro atoms. The summed E-state index contributed by atoms with van der Waals surface area (Å²) in [7, 11) is 0. The van der Waals surface area contributed by atoms with Crippen molar-refractivity contribution in [1.29, 1.82) is 0 Å². The van der Waals surface area contributed by atoms with Gasteiger partial charge in [-0.3, -0.25) is 0 Å². The van der Waals surface area contributed by atoms with E-state index in [4.69, 9.17) is 0 Å². The van der Waals surface area contributed by atoms with Crippen LogP contribution in [0, 0.1) is 0 Å². The molecular weight excluding hydrogens is 132 g/mol. The van der Waals surface area contributed by atoms with E-state index >= 15 is 0 Å². The summed E-state index contributed by atoms with van der Waals surface area (Å²) in [5.74, 6) is 2.53. The molecule has 0 saturated carbocycles. The van der Waals surface area contributed by atoms with Gasteiger partial charge in [0.2, 0.25) is 10.9 Å². The number of aliphatic imine (C=N–C) groups is 1. The monoisotopic (exact) mass is 134 g/mol. The van der Waals surface area contributed by atoms with Gasteiger partial charge in [0.15, 0.2) is 0 Å². The summed E-state index contributed by atoms with van der Waals surface area (Å²) in [6, 6.07) is 0. The fourth-order valence-corrected chi connectivity index (χ4v) is 0.583. The molecule has 1 aliphatic rings. The molecule has 0 N–H and O–H groups in total. The van der Waals surface area contributed by atoms with E-state index in [0.717, 1.165) is 0 Å². The molecule has 0 atom stereocenters. The predicted octanol–water partition coefficient (Wildman–Crippen LogP) is -1.38. The largest absolute Gasteiger partial charge is 0.333 e. The Hall–Kier alpha value is -1.74. The van der Waals surface area contributed by atoms with Gasteiger partial charge in [-0.25, -0.2) is 9.98 Å². The van der Waals surface area contributed by atoms with Gasteiger partial charge in [-0.1, -0.05) is 5.10 Å². The van der Waals surface area contributed by atoms with Crippen LogP contribution in [-0.4, -0.2) is 16.2 Å². The Bertz CT molecular complexity index is 375. The molecule has 0 saturated heterocycles. The molecule has 0 amide bonds. The second-order valence-corrected chi connectivity index (χ2v) is 1.61. The Kier molecular flexibility index (Phi) is 0.961. The Morgan fingerprint density at radius 1 is 1.50 bits per heavy atom. The molecule has 5 nitrogen and oxygen atoms in total. The standard InChI is InChI=1S/C5H2N4O/c1-2-7-5-4(3-6-1)10-9-8-5/h2-3H. The summed E-state index contributed by atoms with van der Waals surface area (Å²) in [6.07, 6.45) is 2.87. The fourth-order valence-electron chi connectivity index (χ4n) is 0.583. The Balaban J connectivity index is 2.94. The molecule has 1 aromatic heterocycles. The predicted molar refractivity (Wildman–Crippen MR) is 31.5 cm³/mol. The minimum absolute atomic E-state index is 0.439. The highest BCUT2D eigenvalue weighted by Gasteiger charge is 1.92. The van der Waals surface area contributed by atoms with Crippen LogP contribution in [0.3, 0.4) is 0 Å². The minimum atomic E-state index is 0.439. The van der Waals surface area contributed by atoms with Crippen LogP contribution in [0.5, 0.6) is 0 Å². The van der Waals surface area contributed by atoms with Gasteiger partial charge in [0, 0.05) is 11.1 Å². The molecule has 0 fully saturated rings. The van der Waals surface area contributed by atoms with Crippen molar-refractivity contribution in [2.45, 2.75) is 0 Å². The van der Waals surface area contributed by atoms with E-state index in [1.54, 1.807) is 0 Å². The Morgan fingerprint density at radius 2 is 2.50 bits per heavy atom. The quantitative estimate of drug-likeness (QED) is 0.439. The number of fused-ring (bicyclic) bond motifs is 1. The molecule has 0 bridgehead atoms. The SMILES string of the molecule is C1=CN=c2nnoc2=CN=1. The highest BCUT2D eigenvalue weighted by molar-refractivity contribution is 5.55. The first-order valence-corrected chi connectivity index (χ1v) is 2.60. The van der Waals surface area contributed by atoms with Gasteiger partial charge in [-0.05, 0) is 0 Å². The summed E-state index contributed by atoms with van der Waals surface area (Å²) in [4.78, 5) is 7.50. The molecule has 0 aliphatic carbocycles. The topological polar surface area (TPSA) is 63.6 Å². The number of aromatic nitrogens is 2. The molecule has 48 valence electrons. The average Bonchev–Trinajstić information content (AvgIpc) is 2.28. The third kappa shape index (κ3) is 0.655. The first-order valence-electron chi connectivity index (χ1n) is 2.60. The van der Waals surface area contributed by atoms with Crippen LogP contribution in [0.1, 0.15) is 0 Å². The maximum atomic E-state index is 4.67. The number of hydrogen-bond acceptors (Lipinski definition) is 5. The van der Waals surface area contributed by atoms with Crippen LogP contribution in [0.15, 0.2) is 20.7 Å². The van der Waals surface area contributed by atoms with E-state index in [0.29, 0.717) is 10.9 Å². The third-order valence-corrected chi connectivity index (χ3v) is 0.996. The van der Waals surface area contributed by atoms with Crippen LogP contribution in [0.4, 0.5) is 0 Å². The molecule has 0 unspecified atom stereocenters. The molecule has 2 heterocycles. The van der Waals surface area contributed by atoms with E-state index < -0.39 is 0 Å². The molecular formula is C5H2N4O. The molecule has 1 aromatic rings. The van der Waals surface area contributed by atoms with Gasteiger partial charge in [0.05, 0.1) is 12.4 Å². The maximum absolute atomic E-state index is 4.67. The second kappa shape index (κ2) is 1.89. The summed E-state index contributed by atoms with van der Waals surface area (Å²) < 4.78 is 4.67. The highest BCUT2D eigenvalue weighted by Crippen LogP contribution is 1.69. The van der Waals surface area contributed by atoms with Crippen molar-refractivity contribution in [3.05, 3.63) is 17.1 Å². The van der Waals surface area contributed by atoms with Crippen molar-refractivity contribution in [3.8, 4) is 0 Å². The first kappa shape index (κ1) is 5.08. The van der Waals surface area contributed by atoms with Crippen molar-refractivity contribution in [2.24, 2.45) is 9.98 Å². The van der Waals surface area contributed by atoms with E-state index in [9.17, 15) is 0 Å². The normalized spacial score (nSPS) is 13.2. The van der Waals surface area contributed by atoms with Crippen LogP contribution >= 0.6 is 0 Å². The summed E-state index contributed by atoms with van der Waals surface area (Å²) in [5, 5.41) is 6.86. The second-order valence-electron chi connectivity index (χ2n) is 1.61. The zero-order chi connectivity index (χ0) is 6.81. The molecule has 5 heteroatoms. The lowest BCUT2D eigenvalue weighted by molar-refractivity contribution is 0.370. The molecule has 1 aliphatic heterocycles. The maximum Gasteiger partial charge on any atom is 0.226 e. The Labute approximate surface area is 55.1 Å². The van der Waals surface area contributed by atoms with Crippen molar-refractivity contribution in [3.63, 3.8) is 0 Å². The molecule has 0 aromatic carbocycles. The van der Waals surface area contributed by atoms with Gasteiger partial charge in [0.1, 0.15) is 0 Å². The van der Waals surface area contributed by atoms with Gasteiger partial charge in [0.25, 0.3) is 0 Å². The van der Waals surface area contributed by atoms with E-state index in [-0.39, 0.29) is 0 Å². The van der Waals surface area contributed by atoms with Crippen molar-refractivity contribution < 1.29 is 4.52 Å². The molecule has 2 rings (SSSR count). The van der Waals surface area contributed by atoms with Crippen LogP contribution in [0.25, 0.3) is 6.20 Å². The zero-order valence-corrected chi connectivity index (χ0v) is 4.85. The van der Waals surface area contributed by atoms with Crippen molar-refractivity contribution in [1.82, 2.24) is 10.4 Å².